The van der Waals surface area contributed by atoms with Crippen LogP contribution in [0, 0.1) is 5.92 Å². The SMILES string of the molecule is CC(C)CC(NC(=O)C(C)N)C(=O)NC(CCC(=O)O)C(=O)NC(CCCCN)C(=O)O. The molecule has 0 rings (SSSR count). The first-order valence-corrected chi connectivity index (χ1v) is 10.7. The molecule has 4 atom stereocenters. The lowest BCUT2D eigenvalue weighted by Gasteiger charge is -2.25. The van der Waals surface area contributed by atoms with Gasteiger partial charge in [-0.2, -0.15) is 0 Å². The maximum absolute atomic E-state index is 12.8. The first-order chi connectivity index (χ1) is 14.9. The van der Waals surface area contributed by atoms with Gasteiger partial charge in [-0.05, 0) is 51.5 Å². The molecule has 12 heteroatoms. The quantitative estimate of drug-likeness (QED) is 0.139. The molecule has 0 aliphatic carbocycles. The second-order valence-corrected chi connectivity index (χ2v) is 8.16. The minimum atomic E-state index is -1.29. The van der Waals surface area contributed by atoms with Crippen LogP contribution in [-0.4, -0.2) is 70.6 Å². The lowest BCUT2D eigenvalue weighted by molar-refractivity contribution is -0.143. The van der Waals surface area contributed by atoms with Crippen LogP contribution in [0.4, 0.5) is 0 Å². The molecule has 0 radical (unpaired) electrons. The number of nitrogens with one attached hydrogen (secondary N) is 3. The summed E-state index contributed by atoms with van der Waals surface area (Å²) >= 11 is 0. The fourth-order valence-corrected chi connectivity index (χ4v) is 2.84. The van der Waals surface area contributed by atoms with Gasteiger partial charge in [-0.3, -0.25) is 19.2 Å². The second kappa shape index (κ2) is 15.1. The molecule has 0 heterocycles. The number of carbonyl (C=O) groups excluding carboxylic acids is 3. The summed E-state index contributed by atoms with van der Waals surface area (Å²) in [4.78, 5) is 59.9. The molecule has 9 N–H and O–H groups in total. The highest BCUT2D eigenvalue weighted by Crippen LogP contribution is 2.08. The Balaban J connectivity index is 5.44. The molecule has 0 aromatic heterocycles. The Morgan fingerprint density at radius 2 is 1.31 bits per heavy atom. The van der Waals surface area contributed by atoms with E-state index in [-0.39, 0.29) is 25.2 Å². The molecular formula is C20H37N5O7. The van der Waals surface area contributed by atoms with Crippen LogP contribution in [0.1, 0.15) is 59.3 Å². The molecule has 0 aromatic rings. The predicted molar refractivity (Wildman–Crippen MR) is 116 cm³/mol. The lowest BCUT2D eigenvalue weighted by atomic mass is 10.0. The van der Waals surface area contributed by atoms with E-state index in [0.717, 1.165) is 0 Å². The van der Waals surface area contributed by atoms with Crippen LogP contribution in [0.2, 0.25) is 0 Å². The smallest absolute Gasteiger partial charge is 0.326 e. The lowest BCUT2D eigenvalue weighted by Crippen LogP contribution is -2.57. The third-order valence-corrected chi connectivity index (χ3v) is 4.60. The van der Waals surface area contributed by atoms with Gasteiger partial charge in [-0.25, -0.2) is 4.79 Å². The van der Waals surface area contributed by atoms with E-state index < -0.39 is 60.2 Å². The zero-order valence-corrected chi connectivity index (χ0v) is 18.9. The summed E-state index contributed by atoms with van der Waals surface area (Å²) in [7, 11) is 0. The van der Waals surface area contributed by atoms with E-state index in [1.54, 1.807) is 0 Å². The van der Waals surface area contributed by atoms with Crippen LogP contribution >= 0.6 is 0 Å². The number of carbonyl (C=O) groups is 5. The predicted octanol–water partition coefficient (Wildman–Crippen LogP) is -1.09. The largest absolute Gasteiger partial charge is 0.481 e. The summed E-state index contributed by atoms with van der Waals surface area (Å²) in [6, 6.07) is -4.35. The molecule has 0 fully saturated rings. The minimum Gasteiger partial charge on any atom is -0.481 e. The van der Waals surface area contributed by atoms with Crippen molar-refractivity contribution in [1.29, 1.82) is 0 Å². The summed E-state index contributed by atoms with van der Waals surface area (Å²) in [5.41, 5.74) is 10.9. The maximum atomic E-state index is 12.8. The summed E-state index contributed by atoms with van der Waals surface area (Å²) in [6.45, 7) is 5.51. The van der Waals surface area contributed by atoms with Crippen LogP contribution in [0.25, 0.3) is 0 Å². The Kier molecular flexibility index (Phi) is 13.8. The Morgan fingerprint density at radius 3 is 1.78 bits per heavy atom. The van der Waals surface area contributed by atoms with Crippen LogP contribution in [0.5, 0.6) is 0 Å². The van der Waals surface area contributed by atoms with E-state index in [9.17, 15) is 29.1 Å². The standard InChI is InChI=1S/C20H37N5O7/c1-11(2)10-15(25-17(28)12(3)22)19(30)23-13(7-8-16(26)27)18(29)24-14(20(31)32)6-4-5-9-21/h11-15H,4-10,21-22H2,1-3H3,(H,23,30)(H,24,29)(H,25,28)(H,26,27)(H,31,32). The summed E-state index contributed by atoms with van der Waals surface area (Å²) in [5.74, 6) is -4.47. The van der Waals surface area contributed by atoms with Crippen molar-refractivity contribution >= 4 is 29.7 Å². The summed E-state index contributed by atoms with van der Waals surface area (Å²) < 4.78 is 0. The number of carboxylic acid groups (broad SMARTS) is 2. The van der Waals surface area contributed by atoms with Gasteiger partial charge in [0.15, 0.2) is 0 Å². The summed E-state index contributed by atoms with van der Waals surface area (Å²) in [5, 5.41) is 25.7. The van der Waals surface area contributed by atoms with E-state index in [4.69, 9.17) is 16.6 Å². The van der Waals surface area contributed by atoms with Gasteiger partial charge in [-0.15, -0.1) is 0 Å². The summed E-state index contributed by atoms with van der Waals surface area (Å²) in [6.07, 6.45) is 0.767. The molecule has 0 bridgehead atoms. The van der Waals surface area contributed by atoms with Crippen LogP contribution in [-0.2, 0) is 24.0 Å². The molecule has 0 saturated carbocycles. The van der Waals surface area contributed by atoms with Crippen molar-refractivity contribution in [2.45, 2.75) is 83.5 Å². The molecule has 4 unspecified atom stereocenters. The van der Waals surface area contributed by atoms with E-state index in [1.165, 1.54) is 6.92 Å². The van der Waals surface area contributed by atoms with Gasteiger partial charge in [0.25, 0.3) is 0 Å². The average molecular weight is 460 g/mol. The highest BCUT2D eigenvalue weighted by molar-refractivity contribution is 5.94. The van der Waals surface area contributed by atoms with Gasteiger partial charge in [0, 0.05) is 6.42 Å². The van der Waals surface area contributed by atoms with Gasteiger partial charge in [-0.1, -0.05) is 13.8 Å². The molecule has 0 aromatic carbocycles. The molecule has 0 aliphatic heterocycles. The van der Waals surface area contributed by atoms with Crippen LogP contribution in [0.3, 0.4) is 0 Å². The topological polar surface area (TPSA) is 214 Å². The average Bonchev–Trinajstić information content (AvgIpc) is 2.68. The molecular weight excluding hydrogens is 422 g/mol. The van der Waals surface area contributed by atoms with Crippen LogP contribution in [0.15, 0.2) is 0 Å². The minimum absolute atomic E-state index is 0.0179. The van der Waals surface area contributed by atoms with E-state index in [1.807, 2.05) is 13.8 Å². The molecule has 32 heavy (non-hydrogen) atoms. The van der Waals surface area contributed by atoms with Crippen molar-refractivity contribution in [2.75, 3.05) is 6.54 Å². The molecule has 12 nitrogen and oxygen atoms in total. The second-order valence-electron chi connectivity index (χ2n) is 8.16. The van der Waals surface area contributed by atoms with E-state index >= 15 is 0 Å². The number of aliphatic carboxylic acids is 2. The van der Waals surface area contributed by atoms with E-state index in [0.29, 0.717) is 19.4 Å². The Bertz CT molecular complexity index is 654. The number of amides is 3. The number of rotatable bonds is 16. The number of unbranched alkanes of at least 4 members (excludes halogenated alkanes) is 1. The van der Waals surface area contributed by atoms with Crippen molar-refractivity contribution in [3.63, 3.8) is 0 Å². The first-order valence-electron chi connectivity index (χ1n) is 10.7. The normalized spacial score (nSPS) is 14.7. The van der Waals surface area contributed by atoms with Crippen molar-refractivity contribution < 1.29 is 34.2 Å². The fourth-order valence-electron chi connectivity index (χ4n) is 2.84. The van der Waals surface area contributed by atoms with Crippen LogP contribution < -0.4 is 27.4 Å². The number of carboxylic acids is 2. The zero-order chi connectivity index (χ0) is 24.8. The van der Waals surface area contributed by atoms with Gasteiger partial charge in [0.1, 0.15) is 18.1 Å². The Hall–Kier alpha value is -2.73. The highest BCUT2D eigenvalue weighted by atomic mass is 16.4. The number of hydrogen-bond acceptors (Lipinski definition) is 7. The fraction of sp³-hybridized carbons (Fsp3) is 0.750. The van der Waals surface area contributed by atoms with Gasteiger partial charge in [0.2, 0.25) is 17.7 Å². The number of hydrogen-bond donors (Lipinski definition) is 7. The van der Waals surface area contributed by atoms with Crippen molar-refractivity contribution in [3.8, 4) is 0 Å². The molecule has 0 spiro atoms. The third-order valence-electron chi connectivity index (χ3n) is 4.60. The monoisotopic (exact) mass is 459 g/mol. The number of nitrogens with two attached hydrogens (primary N) is 2. The van der Waals surface area contributed by atoms with Gasteiger partial charge in [0.05, 0.1) is 6.04 Å². The third kappa shape index (κ3) is 12.2. The van der Waals surface area contributed by atoms with Crippen molar-refractivity contribution in [2.24, 2.45) is 17.4 Å². The first kappa shape index (κ1) is 29.3. The van der Waals surface area contributed by atoms with Crippen molar-refractivity contribution in [1.82, 2.24) is 16.0 Å². The van der Waals surface area contributed by atoms with Crippen molar-refractivity contribution in [3.05, 3.63) is 0 Å². The van der Waals surface area contributed by atoms with Gasteiger partial charge >= 0.3 is 11.9 Å². The molecule has 3 amide bonds. The zero-order valence-electron chi connectivity index (χ0n) is 18.9. The Labute approximate surface area is 187 Å². The van der Waals surface area contributed by atoms with Gasteiger partial charge < -0.3 is 37.6 Å². The highest BCUT2D eigenvalue weighted by Gasteiger charge is 2.30. The molecule has 0 saturated heterocycles. The molecule has 0 aliphatic rings. The maximum Gasteiger partial charge on any atom is 0.326 e. The van der Waals surface area contributed by atoms with E-state index in [2.05, 4.69) is 16.0 Å². The molecule has 184 valence electrons. The Morgan fingerprint density at radius 1 is 0.781 bits per heavy atom.